The monoisotopic (exact) mass is 556 g/mol. The van der Waals surface area contributed by atoms with E-state index in [1.54, 1.807) is 0 Å². The highest BCUT2D eigenvalue weighted by Crippen LogP contribution is 2.27. The Morgan fingerprint density at radius 3 is 2.31 bits per heavy atom. The number of aryl methyl sites for hydroxylation is 3. The molecule has 4 aromatic rings. The first-order valence-electron chi connectivity index (χ1n) is 12.3. The average Bonchev–Trinajstić information content (AvgIpc) is 3.30. The molecular weight excluding hydrogens is 529 g/mol. The number of nitrogens with zero attached hydrogens (tertiary/aromatic N) is 5. The van der Waals surface area contributed by atoms with Crippen LogP contribution in [0.25, 0.3) is 5.69 Å². The fraction of sp³-hybridized carbons (Fsp3) is 0.296. The van der Waals surface area contributed by atoms with E-state index < -0.39 is 12.3 Å². The molecule has 0 spiro atoms. The molecule has 8 nitrogen and oxygen atoms in total. The van der Waals surface area contributed by atoms with Gasteiger partial charge >= 0.3 is 6.36 Å². The van der Waals surface area contributed by atoms with Crippen molar-refractivity contribution in [2.75, 3.05) is 5.32 Å². The number of carbonyl (C=O) groups is 1. The van der Waals surface area contributed by atoms with E-state index in [-0.39, 0.29) is 17.2 Å². The molecule has 0 saturated heterocycles. The highest BCUT2D eigenvalue weighted by molar-refractivity contribution is 7.98. The van der Waals surface area contributed by atoms with Crippen molar-refractivity contribution in [1.82, 2.24) is 25.0 Å². The summed E-state index contributed by atoms with van der Waals surface area (Å²) in [6.45, 7) is 5.86. The maximum Gasteiger partial charge on any atom is 0.573 e. The van der Waals surface area contributed by atoms with Crippen LogP contribution in [-0.2, 0) is 12.2 Å². The molecule has 0 aliphatic heterocycles. The van der Waals surface area contributed by atoms with Gasteiger partial charge < -0.3 is 10.1 Å². The molecule has 1 N–H and O–H groups in total. The Bertz CT molecular complexity index is 1400. The second-order valence-electron chi connectivity index (χ2n) is 8.81. The van der Waals surface area contributed by atoms with E-state index in [0.717, 1.165) is 30.7 Å². The zero-order chi connectivity index (χ0) is 28.0. The topological polar surface area (TPSA) is 94.8 Å². The zero-order valence-electron chi connectivity index (χ0n) is 21.6. The van der Waals surface area contributed by atoms with Gasteiger partial charge in [0.25, 0.3) is 5.91 Å². The lowest BCUT2D eigenvalue weighted by Crippen LogP contribution is -2.17. The number of benzene rings is 2. The van der Waals surface area contributed by atoms with Gasteiger partial charge in [0.15, 0.2) is 10.9 Å². The molecule has 0 saturated carbocycles. The van der Waals surface area contributed by atoms with Crippen LogP contribution < -0.4 is 10.1 Å². The molecule has 0 unspecified atom stereocenters. The number of rotatable bonds is 10. The van der Waals surface area contributed by atoms with Gasteiger partial charge in [-0.3, -0.25) is 4.79 Å². The van der Waals surface area contributed by atoms with E-state index in [9.17, 15) is 18.0 Å². The first kappa shape index (κ1) is 28.1. The highest BCUT2D eigenvalue weighted by atomic mass is 32.2. The van der Waals surface area contributed by atoms with Crippen LogP contribution in [0.5, 0.6) is 5.75 Å². The van der Waals surface area contributed by atoms with Crippen molar-refractivity contribution in [3.8, 4) is 11.4 Å². The number of nitrogens with one attached hydrogen (secondary N) is 1. The van der Waals surface area contributed by atoms with Crippen LogP contribution in [0.1, 0.15) is 52.9 Å². The number of hydrogen-bond acceptors (Lipinski definition) is 7. The van der Waals surface area contributed by atoms with E-state index in [1.165, 1.54) is 46.3 Å². The predicted molar refractivity (Wildman–Crippen MR) is 142 cm³/mol. The fourth-order valence-electron chi connectivity index (χ4n) is 3.82. The Balaban J connectivity index is 1.61. The number of aromatic nitrogens is 5. The zero-order valence-corrected chi connectivity index (χ0v) is 22.4. The molecule has 2 aromatic carbocycles. The van der Waals surface area contributed by atoms with Gasteiger partial charge in [0, 0.05) is 22.8 Å². The summed E-state index contributed by atoms with van der Waals surface area (Å²) in [5.41, 5.74) is 4.33. The van der Waals surface area contributed by atoms with Crippen molar-refractivity contribution in [1.29, 1.82) is 0 Å². The van der Waals surface area contributed by atoms with Crippen molar-refractivity contribution >= 4 is 23.4 Å². The first-order chi connectivity index (χ1) is 18.6. The normalized spacial score (nSPS) is 11.4. The summed E-state index contributed by atoms with van der Waals surface area (Å²) >= 11 is 1.30. The lowest BCUT2D eigenvalue weighted by molar-refractivity contribution is -0.274. The number of carbonyl (C=O) groups excluding carboxylic acids is 1. The van der Waals surface area contributed by atoms with Gasteiger partial charge in [-0.05, 0) is 74.7 Å². The molecule has 0 atom stereocenters. The minimum absolute atomic E-state index is 0.0811. The molecule has 0 radical (unpaired) electrons. The second-order valence-corrected chi connectivity index (χ2v) is 9.76. The van der Waals surface area contributed by atoms with Crippen molar-refractivity contribution in [3.63, 3.8) is 0 Å². The number of halogens is 3. The molecule has 0 aliphatic rings. The fourth-order valence-corrected chi connectivity index (χ4v) is 4.76. The summed E-state index contributed by atoms with van der Waals surface area (Å²) in [6, 6.07) is 14.6. The number of alkyl halides is 3. The van der Waals surface area contributed by atoms with E-state index in [1.807, 2.05) is 44.2 Å². The Morgan fingerprint density at radius 2 is 1.69 bits per heavy atom. The number of amides is 1. The van der Waals surface area contributed by atoms with Gasteiger partial charge in [0.05, 0.1) is 11.4 Å². The van der Waals surface area contributed by atoms with Gasteiger partial charge in [-0.2, -0.15) is 0 Å². The van der Waals surface area contributed by atoms with Gasteiger partial charge in [-0.25, -0.2) is 14.6 Å². The Kier molecular flexibility index (Phi) is 8.85. The average molecular weight is 557 g/mol. The molecular formula is C27H27F3N6O2S. The first-order valence-corrected chi connectivity index (χ1v) is 13.3. The lowest BCUT2D eigenvalue weighted by Gasteiger charge is -2.11. The van der Waals surface area contributed by atoms with Crippen LogP contribution in [0.15, 0.2) is 59.8 Å². The number of unbranched alkanes of at least 4 members (excludes halogenated alkanes) is 1. The predicted octanol–water partition coefficient (Wildman–Crippen LogP) is 6.46. The third-order valence-corrected chi connectivity index (χ3v) is 6.48. The summed E-state index contributed by atoms with van der Waals surface area (Å²) in [5, 5.41) is 11.6. The van der Waals surface area contributed by atoms with E-state index in [4.69, 9.17) is 0 Å². The van der Waals surface area contributed by atoms with Crippen LogP contribution in [0, 0.1) is 13.8 Å². The van der Waals surface area contributed by atoms with Crippen molar-refractivity contribution in [2.24, 2.45) is 0 Å². The van der Waals surface area contributed by atoms with Crippen molar-refractivity contribution in [3.05, 3.63) is 82.9 Å². The molecule has 0 fully saturated rings. The van der Waals surface area contributed by atoms with Crippen LogP contribution in [-0.4, -0.2) is 37.2 Å². The summed E-state index contributed by atoms with van der Waals surface area (Å²) in [5.74, 6) is -0.599. The Morgan fingerprint density at radius 1 is 1.03 bits per heavy atom. The van der Waals surface area contributed by atoms with Crippen molar-refractivity contribution in [2.45, 2.75) is 57.3 Å². The number of hydrogen-bond donors (Lipinski definition) is 1. The number of ether oxygens (including phenoxy) is 1. The second kappa shape index (κ2) is 12.3. The molecule has 0 bridgehead atoms. The number of anilines is 1. The third-order valence-electron chi connectivity index (χ3n) is 5.62. The highest BCUT2D eigenvalue weighted by Gasteiger charge is 2.31. The largest absolute Gasteiger partial charge is 0.573 e. The third kappa shape index (κ3) is 7.79. The van der Waals surface area contributed by atoms with Gasteiger partial charge in [-0.1, -0.05) is 42.5 Å². The molecule has 2 heterocycles. The molecule has 204 valence electrons. The summed E-state index contributed by atoms with van der Waals surface area (Å²) in [4.78, 5) is 22.1. The van der Waals surface area contributed by atoms with Crippen LogP contribution in [0.2, 0.25) is 0 Å². The van der Waals surface area contributed by atoms with E-state index >= 15 is 0 Å². The smallest absolute Gasteiger partial charge is 0.406 e. The minimum atomic E-state index is -4.80. The van der Waals surface area contributed by atoms with Gasteiger partial charge in [0.1, 0.15) is 5.75 Å². The molecule has 1 amide bonds. The summed E-state index contributed by atoms with van der Waals surface area (Å²) in [7, 11) is 0. The quantitative estimate of drug-likeness (QED) is 0.177. The molecule has 4 rings (SSSR count). The van der Waals surface area contributed by atoms with Crippen LogP contribution in [0.4, 0.5) is 18.9 Å². The SMILES string of the molecule is CCCCc1ccc(NC(=O)c2nnn(-c3ccc(OC(F)(F)F)cc3)c2CSc2nc(C)cc(C)n2)cc1. The summed E-state index contributed by atoms with van der Waals surface area (Å²) < 4.78 is 43.1. The number of thioether (sulfide) groups is 1. The Labute approximate surface area is 228 Å². The molecule has 39 heavy (non-hydrogen) atoms. The maximum atomic E-state index is 13.3. The van der Waals surface area contributed by atoms with Gasteiger partial charge in [-0.15, -0.1) is 18.3 Å². The molecule has 0 aliphatic carbocycles. The van der Waals surface area contributed by atoms with Crippen LogP contribution in [0.3, 0.4) is 0 Å². The maximum absolute atomic E-state index is 13.3. The summed E-state index contributed by atoms with van der Waals surface area (Å²) in [6.07, 6.45) is -1.65. The lowest BCUT2D eigenvalue weighted by atomic mass is 10.1. The Hall–Kier alpha value is -3.93. The standard InChI is InChI=1S/C27H27F3N6O2S/c1-4-5-6-19-7-9-20(10-8-19)33-25(37)24-23(16-39-26-31-17(2)15-18(3)32-26)36(35-34-24)21-11-13-22(14-12-21)38-27(28,29)30/h7-15H,4-6,16H2,1-3H3,(H,33,37). The van der Waals surface area contributed by atoms with E-state index in [2.05, 4.69) is 37.3 Å². The molecule has 12 heteroatoms. The van der Waals surface area contributed by atoms with Crippen LogP contribution >= 0.6 is 11.8 Å². The van der Waals surface area contributed by atoms with E-state index in [0.29, 0.717) is 22.2 Å². The van der Waals surface area contributed by atoms with Gasteiger partial charge in [0.2, 0.25) is 0 Å². The minimum Gasteiger partial charge on any atom is -0.406 e. The van der Waals surface area contributed by atoms with Crippen molar-refractivity contribution < 1.29 is 22.7 Å². The molecule has 2 aromatic heterocycles.